The van der Waals surface area contributed by atoms with Crippen LogP contribution in [0.1, 0.15) is 10.4 Å². The Kier molecular flexibility index (Phi) is 3.61. The van der Waals surface area contributed by atoms with Crippen molar-refractivity contribution in [2.75, 3.05) is 6.61 Å². The van der Waals surface area contributed by atoms with E-state index in [4.69, 9.17) is 0 Å². The number of halogens is 3. The quantitative estimate of drug-likeness (QED) is 0.865. The van der Waals surface area contributed by atoms with E-state index >= 15 is 0 Å². The summed E-state index contributed by atoms with van der Waals surface area (Å²) in [6.45, 7) is -1.55. The molecule has 0 bridgehead atoms. The molecule has 1 aromatic heterocycles. The van der Waals surface area contributed by atoms with Crippen LogP contribution in [0.3, 0.4) is 0 Å². The second-order valence-corrected chi connectivity index (χ2v) is 3.59. The fourth-order valence-electron chi connectivity index (χ4n) is 1.35. The van der Waals surface area contributed by atoms with Gasteiger partial charge >= 0.3 is 6.18 Å². The van der Waals surface area contributed by atoms with E-state index in [1.165, 1.54) is 24.5 Å². The van der Waals surface area contributed by atoms with Gasteiger partial charge in [0.15, 0.2) is 6.61 Å². The number of hydrogen-bond acceptors (Lipinski definition) is 4. The third kappa shape index (κ3) is 3.62. The summed E-state index contributed by atoms with van der Waals surface area (Å²) in [5, 5.41) is 0. The van der Waals surface area contributed by atoms with Crippen molar-refractivity contribution in [1.82, 2.24) is 15.4 Å². The number of hydrogen-bond donors (Lipinski definition) is 1. The molecule has 1 N–H and O–H groups in total. The van der Waals surface area contributed by atoms with Crippen LogP contribution in [0.5, 0.6) is 0 Å². The molecule has 1 amide bonds. The van der Waals surface area contributed by atoms with Crippen molar-refractivity contribution in [2.24, 2.45) is 0 Å². The number of carbonyl (C=O) groups excluding carboxylic acids is 1. The molecule has 100 valence electrons. The minimum absolute atomic E-state index is 0.134. The summed E-state index contributed by atoms with van der Waals surface area (Å²) in [5.74, 6) is -0.781. The average Bonchev–Trinajstić information content (AvgIpc) is 2.36. The van der Waals surface area contributed by atoms with Crippen LogP contribution in [0.15, 0.2) is 30.6 Å². The zero-order valence-corrected chi connectivity index (χ0v) is 9.44. The number of nitrogens with one attached hydrogen (secondary N) is 1. The molecular weight excluding hydrogens is 263 g/mol. The maximum Gasteiger partial charge on any atom is 0.414 e. The van der Waals surface area contributed by atoms with Gasteiger partial charge in [0.05, 0.1) is 11.0 Å². The van der Waals surface area contributed by atoms with Crippen LogP contribution in [0.25, 0.3) is 11.0 Å². The number of hydroxylamine groups is 1. The van der Waals surface area contributed by atoms with Crippen molar-refractivity contribution >= 4 is 16.9 Å². The molecule has 19 heavy (non-hydrogen) atoms. The van der Waals surface area contributed by atoms with Gasteiger partial charge in [-0.2, -0.15) is 13.2 Å². The van der Waals surface area contributed by atoms with E-state index < -0.39 is 18.7 Å². The highest BCUT2D eigenvalue weighted by Gasteiger charge is 2.28. The summed E-state index contributed by atoms with van der Waals surface area (Å²) in [6.07, 6.45) is -1.55. The van der Waals surface area contributed by atoms with Crippen molar-refractivity contribution in [2.45, 2.75) is 6.18 Å². The van der Waals surface area contributed by atoms with Crippen molar-refractivity contribution < 1.29 is 22.8 Å². The normalized spacial score (nSPS) is 11.5. The lowest BCUT2D eigenvalue weighted by Gasteiger charge is -2.08. The van der Waals surface area contributed by atoms with Gasteiger partial charge in [-0.3, -0.25) is 19.6 Å². The molecule has 0 atom stereocenters. The Morgan fingerprint density at radius 3 is 2.58 bits per heavy atom. The van der Waals surface area contributed by atoms with Crippen LogP contribution < -0.4 is 5.48 Å². The van der Waals surface area contributed by atoms with Crippen LogP contribution in [0.2, 0.25) is 0 Å². The lowest BCUT2D eigenvalue weighted by molar-refractivity contribution is -0.184. The Morgan fingerprint density at radius 1 is 1.21 bits per heavy atom. The molecule has 2 aromatic rings. The molecule has 0 aliphatic carbocycles. The Morgan fingerprint density at radius 2 is 1.89 bits per heavy atom. The van der Waals surface area contributed by atoms with Crippen molar-refractivity contribution in [3.63, 3.8) is 0 Å². The van der Waals surface area contributed by atoms with Gasteiger partial charge in [0, 0.05) is 18.0 Å². The van der Waals surface area contributed by atoms with Gasteiger partial charge in [-0.15, -0.1) is 0 Å². The maximum absolute atomic E-state index is 11.8. The molecule has 5 nitrogen and oxygen atoms in total. The number of fused-ring (bicyclic) bond motifs is 1. The third-order valence-corrected chi connectivity index (χ3v) is 2.13. The zero-order chi connectivity index (χ0) is 13.9. The Hall–Kier alpha value is -2.22. The lowest BCUT2D eigenvalue weighted by atomic mass is 10.2. The van der Waals surface area contributed by atoms with Gasteiger partial charge in [-0.1, -0.05) is 0 Å². The SMILES string of the molecule is O=C(NOCC(F)(F)F)c1ccc2nccnc2c1. The second kappa shape index (κ2) is 5.19. The van der Waals surface area contributed by atoms with Crippen LogP contribution in [0, 0.1) is 0 Å². The maximum atomic E-state index is 11.8. The van der Waals surface area contributed by atoms with Gasteiger partial charge in [-0.25, -0.2) is 5.48 Å². The predicted octanol–water partition coefficient (Wildman–Crippen LogP) is 1.85. The summed E-state index contributed by atoms with van der Waals surface area (Å²) < 4.78 is 35.5. The second-order valence-electron chi connectivity index (χ2n) is 3.59. The van der Waals surface area contributed by atoms with E-state index in [2.05, 4.69) is 14.8 Å². The monoisotopic (exact) mass is 271 g/mol. The summed E-state index contributed by atoms with van der Waals surface area (Å²) >= 11 is 0. The smallest absolute Gasteiger partial charge is 0.267 e. The molecule has 1 aromatic carbocycles. The van der Waals surface area contributed by atoms with E-state index in [9.17, 15) is 18.0 Å². The minimum atomic E-state index is -4.50. The van der Waals surface area contributed by atoms with Gasteiger partial charge in [0.25, 0.3) is 5.91 Å². The van der Waals surface area contributed by atoms with Crippen molar-refractivity contribution in [3.8, 4) is 0 Å². The number of alkyl halides is 3. The number of amides is 1. The molecule has 0 unspecified atom stereocenters. The van der Waals surface area contributed by atoms with Crippen LogP contribution in [-0.4, -0.2) is 28.7 Å². The fraction of sp³-hybridized carbons (Fsp3) is 0.182. The summed E-state index contributed by atoms with van der Waals surface area (Å²) in [4.78, 5) is 23.6. The highest BCUT2D eigenvalue weighted by Crippen LogP contribution is 2.14. The highest BCUT2D eigenvalue weighted by molar-refractivity contribution is 5.96. The lowest BCUT2D eigenvalue weighted by Crippen LogP contribution is -2.29. The number of nitrogens with zero attached hydrogens (tertiary/aromatic N) is 2. The molecule has 0 aliphatic heterocycles. The van der Waals surface area contributed by atoms with Crippen LogP contribution >= 0.6 is 0 Å². The topological polar surface area (TPSA) is 64.1 Å². The molecule has 1 heterocycles. The first-order valence-electron chi connectivity index (χ1n) is 5.15. The van der Waals surface area contributed by atoms with Crippen LogP contribution in [-0.2, 0) is 4.84 Å². The van der Waals surface area contributed by atoms with E-state index in [1.54, 1.807) is 11.5 Å². The van der Waals surface area contributed by atoms with Gasteiger partial charge in [0.1, 0.15) is 0 Å². The van der Waals surface area contributed by atoms with E-state index in [1.807, 2.05) is 0 Å². The fourth-order valence-corrected chi connectivity index (χ4v) is 1.35. The Labute approximate surface area is 105 Å². The first kappa shape index (κ1) is 13.2. The van der Waals surface area contributed by atoms with E-state index in [-0.39, 0.29) is 5.56 Å². The molecule has 0 spiro atoms. The molecule has 0 saturated carbocycles. The highest BCUT2D eigenvalue weighted by atomic mass is 19.4. The van der Waals surface area contributed by atoms with Crippen molar-refractivity contribution in [3.05, 3.63) is 36.2 Å². The summed E-state index contributed by atoms with van der Waals surface area (Å²) in [6, 6.07) is 4.37. The first-order valence-corrected chi connectivity index (χ1v) is 5.15. The molecule has 8 heteroatoms. The number of carbonyl (C=O) groups is 1. The Balaban J connectivity index is 2.05. The van der Waals surface area contributed by atoms with Crippen molar-refractivity contribution in [1.29, 1.82) is 0 Å². The van der Waals surface area contributed by atoms with Gasteiger partial charge in [0.2, 0.25) is 0 Å². The van der Waals surface area contributed by atoms with Gasteiger partial charge < -0.3 is 0 Å². The summed E-state index contributed by atoms with van der Waals surface area (Å²) in [7, 11) is 0. The standard InChI is InChI=1S/C11H8F3N3O2/c12-11(13,14)6-19-17-10(18)7-1-2-8-9(5-7)16-4-3-15-8/h1-5H,6H2,(H,17,18). The number of rotatable bonds is 3. The molecule has 0 aliphatic rings. The Bertz CT molecular complexity index is 601. The molecule has 2 rings (SSSR count). The molecular formula is C11H8F3N3O2. The number of benzene rings is 1. The molecule has 0 radical (unpaired) electrons. The number of aromatic nitrogens is 2. The summed E-state index contributed by atoms with van der Waals surface area (Å²) in [5.41, 5.74) is 2.89. The average molecular weight is 271 g/mol. The first-order chi connectivity index (χ1) is 8.96. The largest absolute Gasteiger partial charge is 0.414 e. The third-order valence-electron chi connectivity index (χ3n) is 2.13. The van der Waals surface area contributed by atoms with Gasteiger partial charge in [-0.05, 0) is 18.2 Å². The molecule has 0 fully saturated rings. The van der Waals surface area contributed by atoms with E-state index in [0.29, 0.717) is 11.0 Å². The molecule has 0 saturated heterocycles. The van der Waals surface area contributed by atoms with E-state index in [0.717, 1.165) is 0 Å². The predicted molar refractivity (Wildman–Crippen MR) is 59.0 cm³/mol. The minimum Gasteiger partial charge on any atom is -0.267 e. The van der Waals surface area contributed by atoms with Crippen LogP contribution in [0.4, 0.5) is 13.2 Å². The zero-order valence-electron chi connectivity index (χ0n) is 9.44.